The van der Waals surface area contributed by atoms with Crippen LogP contribution in [0.5, 0.6) is 0 Å². The predicted molar refractivity (Wildman–Crippen MR) is 55.9 cm³/mol. The first kappa shape index (κ1) is 11.4. The summed E-state index contributed by atoms with van der Waals surface area (Å²) in [4.78, 5) is 3.80. The summed E-state index contributed by atoms with van der Waals surface area (Å²) in [6, 6.07) is 4.88. The van der Waals surface area contributed by atoms with E-state index in [1.54, 1.807) is 29.2 Å². The smallest absolute Gasteiger partial charge is 0.361 e. The summed E-state index contributed by atoms with van der Waals surface area (Å²) in [6.45, 7) is -1.11. The minimum atomic E-state index is -4.26. The number of halogens is 3. The predicted octanol–water partition coefficient (Wildman–Crippen LogP) is 2.24. The number of rotatable bonds is 3. The Morgan fingerprint density at radius 3 is 2.76 bits per heavy atom. The second-order valence-corrected chi connectivity index (χ2v) is 3.32. The highest BCUT2D eigenvalue weighted by Crippen LogP contribution is 2.16. The molecular formula is C10H9F3N4. The maximum absolute atomic E-state index is 12.0. The lowest BCUT2D eigenvalue weighted by molar-refractivity contribution is -0.115. The van der Waals surface area contributed by atoms with Gasteiger partial charge in [0.2, 0.25) is 0 Å². The fraction of sp³-hybridized carbons (Fsp3) is 0.200. The molecule has 7 heteroatoms. The Hall–Kier alpha value is -2.05. The van der Waals surface area contributed by atoms with Crippen molar-refractivity contribution in [1.29, 1.82) is 0 Å². The molecule has 0 aromatic carbocycles. The molecule has 0 radical (unpaired) electrons. The fourth-order valence-corrected chi connectivity index (χ4v) is 1.27. The molecule has 0 fully saturated rings. The molecule has 17 heavy (non-hydrogen) atoms. The van der Waals surface area contributed by atoms with Crippen LogP contribution in [0.15, 0.2) is 36.8 Å². The van der Waals surface area contributed by atoms with Crippen LogP contribution in [0.1, 0.15) is 0 Å². The van der Waals surface area contributed by atoms with Gasteiger partial charge in [0.15, 0.2) is 0 Å². The van der Waals surface area contributed by atoms with E-state index in [9.17, 15) is 13.2 Å². The number of hydrogen-bond acceptors (Lipinski definition) is 3. The maximum Gasteiger partial charge on any atom is 0.405 e. The third-order valence-electron chi connectivity index (χ3n) is 1.98. The van der Waals surface area contributed by atoms with Gasteiger partial charge < -0.3 is 5.32 Å². The van der Waals surface area contributed by atoms with E-state index < -0.39 is 12.7 Å². The quantitative estimate of drug-likeness (QED) is 0.897. The Balaban J connectivity index is 2.12. The van der Waals surface area contributed by atoms with E-state index in [0.717, 1.165) is 0 Å². The average Bonchev–Trinajstić information content (AvgIpc) is 2.79. The van der Waals surface area contributed by atoms with Gasteiger partial charge in [0.05, 0.1) is 5.69 Å². The molecule has 0 aliphatic rings. The number of nitrogens with zero attached hydrogens (tertiary/aromatic N) is 3. The van der Waals surface area contributed by atoms with Crippen LogP contribution in [0.2, 0.25) is 0 Å². The minimum absolute atomic E-state index is 0.162. The molecule has 0 aliphatic heterocycles. The molecule has 0 aliphatic carbocycles. The van der Waals surface area contributed by atoms with Crippen molar-refractivity contribution < 1.29 is 13.2 Å². The zero-order valence-electron chi connectivity index (χ0n) is 8.65. The summed E-state index contributed by atoms with van der Waals surface area (Å²) in [6.07, 6.45) is 0.450. The lowest BCUT2D eigenvalue weighted by atomic mass is 10.4. The summed E-state index contributed by atoms with van der Waals surface area (Å²) in [5, 5.41) is 6.19. The van der Waals surface area contributed by atoms with Crippen LogP contribution < -0.4 is 5.32 Å². The van der Waals surface area contributed by atoms with Crippen molar-refractivity contribution in [2.45, 2.75) is 6.18 Å². The second-order valence-electron chi connectivity index (χ2n) is 3.32. The summed E-state index contributed by atoms with van der Waals surface area (Å²) in [5.74, 6) is 0.162. The molecule has 2 aromatic rings. The molecule has 0 spiro atoms. The number of aromatic nitrogens is 3. The van der Waals surface area contributed by atoms with Gasteiger partial charge in [0.1, 0.15) is 12.4 Å². The van der Waals surface area contributed by atoms with Crippen molar-refractivity contribution >= 4 is 5.82 Å². The Kier molecular flexibility index (Phi) is 2.99. The Labute approximate surface area is 95.1 Å². The van der Waals surface area contributed by atoms with Crippen LogP contribution >= 0.6 is 0 Å². The number of hydrogen-bond donors (Lipinski definition) is 1. The Bertz CT molecular complexity index is 479. The van der Waals surface area contributed by atoms with Gasteiger partial charge in [-0.1, -0.05) is 0 Å². The van der Waals surface area contributed by atoms with Crippen LogP contribution in [-0.2, 0) is 0 Å². The average molecular weight is 242 g/mol. The SMILES string of the molecule is FC(F)(F)CNc1cc(-n2cccn2)ccn1. The van der Waals surface area contributed by atoms with Gasteiger partial charge in [-0.15, -0.1) is 0 Å². The van der Waals surface area contributed by atoms with Gasteiger partial charge in [-0.25, -0.2) is 9.67 Å². The van der Waals surface area contributed by atoms with Gasteiger partial charge in [-0.05, 0) is 12.1 Å². The van der Waals surface area contributed by atoms with E-state index in [1.807, 2.05) is 0 Å². The largest absolute Gasteiger partial charge is 0.405 e. The van der Waals surface area contributed by atoms with Gasteiger partial charge in [0.25, 0.3) is 0 Å². The molecule has 1 N–H and O–H groups in total. The second kappa shape index (κ2) is 4.44. The molecule has 0 saturated heterocycles. The molecule has 90 valence electrons. The van der Waals surface area contributed by atoms with Crippen LogP contribution in [0.3, 0.4) is 0 Å². The van der Waals surface area contributed by atoms with Crippen molar-refractivity contribution in [2.24, 2.45) is 0 Å². The standard InChI is InChI=1S/C10H9F3N4/c11-10(12,13)7-15-9-6-8(2-4-14-9)17-5-1-3-16-17/h1-6H,7H2,(H,14,15). The van der Waals surface area contributed by atoms with Crippen LogP contribution in [0.25, 0.3) is 5.69 Å². The van der Waals surface area contributed by atoms with E-state index in [2.05, 4.69) is 15.4 Å². The molecule has 0 bridgehead atoms. The lowest BCUT2D eigenvalue weighted by Crippen LogP contribution is -2.21. The van der Waals surface area contributed by atoms with Gasteiger partial charge >= 0.3 is 6.18 Å². The number of anilines is 1. The maximum atomic E-state index is 12.0. The summed E-state index contributed by atoms with van der Waals surface area (Å²) in [5.41, 5.74) is 0.648. The Morgan fingerprint density at radius 1 is 1.29 bits per heavy atom. The van der Waals surface area contributed by atoms with E-state index in [1.165, 1.54) is 12.3 Å². The molecule has 0 atom stereocenters. The molecule has 0 amide bonds. The van der Waals surface area contributed by atoms with Crippen molar-refractivity contribution in [3.05, 3.63) is 36.8 Å². The summed E-state index contributed by atoms with van der Waals surface area (Å²) < 4.78 is 37.6. The van der Waals surface area contributed by atoms with Crippen molar-refractivity contribution in [3.63, 3.8) is 0 Å². The fourth-order valence-electron chi connectivity index (χ4n) is 1.27. The first-order chi connectivity index (χ1) is 8.04. The molecule has 2 heterocycles. The van der Waals surface area contributed by atoms with E-state index in [0.29, 0.717) is 5.69 Å². The van der Waals surface area contributed by atoms with Crippen molar-refractivity contribution in [3.8, 4) is 5.69 Å². The first-order valence-corrected chi connectivity index (χ1v) is 4.81. The van der Waals surface area contributed by atoms with Gasteiger partial charge in [-0.3, -0.25) is 0 Å². The van der Waals surface area contributed by atoms with Gasteiger partial charge in [-0.2, -0.15) is 18.3 Å². The summed E-state index contributed by atoms with van der Waals surface area (Å²) in [7, 11) is 0. The lowest BCUT2D eigenvalue weighted by Gasteiger charge is -2.09. The summed E-state index contributed by atoms with van der Waals surface area (Å²) >= 11 is 0. The third kappa shape index (κ3) is 3.20. The highest BCUT2D eigenvalue weighted by molar-refractivity contribution is 5.44. The zero-order chi connectivity index (χ0) is 12.3. The monoisotopic (exact) mass is 242 g/mol. The van der Waals surface area contributed by atoms with Crippen LogP contribution in [0.4, 0.5) is 19.0 Å². The topological polar surface area (TPSA) is 42.7 Å². The third-order valence-corrected chi connectivity index (χ3v) is 1.98. The Morgan fingerprint density at radius 2 is 2.12 bits per heavy atom. The molecular weight excluding hydrogens is 233 g/mol. The van der Waals surface area contributed by atoms with E-state index in [4.69, 9.17) is 0 Å². The highest BCUT2D eigenvalue weighted by Gasteiger charge is 2.26. The number of nitrogens with one attached hydrogen (secondary N) is 1. The van der Waals surface area contributed by atoms with Crippen molar-refractivity contribution in [2.75, 3.05) is 11.9 Å². The normalized spacial score (nSPS) is 11.5. The molecule has 2 rings (SSSR count). The van der Waals surface area contributed by atoms with Crippen LogP contribution in [0, 0.1) is 0 Å². The highest BCUT2D eigenvalue weighted by atomic mass is 19.4. The number of alkyl halides is 3. The minimum Gasteiger partial charge on any atom is -0.361 e. The zero-order valence-corrected chi connectivity index (χ0v) is 8.65. The van der Waals surface area contributed by atoms with Crippen LogP contribution in [-0.4, -0.2) is 27.5 Å². The molecule has 0 saturated carbocycles. The van der Waals surface area contributed by atoms with Crippen molar-refractivity contribution in [1.82, 2.24) is 14.8 Å². The first-order valence-electron chi connectivity index (χ1n) is 4.81. The number of pyridine rings is 1. The molecule has 4 nitrogen and oxygen atoms in total. The van der Waals surface area contributed by atoms with E-state index in [-0.39, 0.29) is 5.82 Å². The van der Waals surface area contributed by atoms with Gasteiger partial charge in [0, 0.05) is 24.7 Å². The molecule has 0 unspecified atom stereocenters. The molecule has 2 aromatic heterocycles. The van der Waals surface area contributed by atoms with E-state index >= 15 is 0 Å².